The highest BCUT2D eigenvalue weighted by Gasteiger charge is 2.68. The third kappa shape index (κ3) is 3.89. The Morgan fingerprint density at radius 3 is 1.70 bits per heavy atom. The van der Waals surface area contributed by atoms with Gasteiger partial charge in [-0.2, -0.15) is 0 Å². The highest BCUT2D eigenvalue weighted by atomic mass is 15.2. The molecule has 0 radical (unpaired) electrons. The maximum absolute atomic E-state index is 2.59. The molecule has 7 aromatic carbocycles. The van der Waals surface area contributed by atoms with E-state index in [4.69, 9.17) is 0 Å². The van der Waals surface area contributed by atoms with Crippen molar-refractivity contribution < 1.29 is 0 Å². The van der Waals surface area contributed by atoms with Crippen LogP contribution in [0.3, 0.4) is 0 Å². The van der Waals surface area contributed by atoms with E-state index in [1.54, 1.807) is 5.56 Å². The molecule has 1 aliphatic heterocycles. The molecule has 1 atom stereocenters. The number of anilines is 3. The van der Waals surface area contributed by atoms with Gasteiger partial charge in [-0.05, 0) is 99.7 Å². The van der Waals surface area contributed by atoms with E-state index < -0.39 is 0 Å². The minimum absolute atomic E-state index is 0.0574. The highest BCUT2D eigenvalue weighted by Crippen LogP contribution is 2.75. The lowest BCUT2D eigenvalue weighted by atomic mass is 9.39. The fraction of sp³-hybridized carbons (Fsp3) is 0.143. The monoisotopic (exact) mass is 641 g/mol. The number of rotatable bonds is 5. The second-order valence-electron chi connectivity index (χ2n) is 14.4. The van der Waals surface area contributed by atoms with Crippen LogP contribution in [-0.2, 0) is 10.8 Å². The summed E-state index contributed by atoms with van der Waals surface area (Å²) < 4.78 is 0. The fourth-order valence-electron chi connectivity index (χ4n) is 10.2. The SMILES string of the molecule is Cc1ccccc1C12c3cc(-c4ccccc4-c4ccccc4)ccc3N(c3ccccc3-c3ccccc3)c3cccc(c31)C21CCCC1. The van der Waals surface area contributed by atoms with Gasteiger partial charge in [0.2, 0.25) is 0 Å². The molecule has 50 heavy (non-hydrogen) atoms. The van der Waals surface area contributed by atoms with E-state index in [0.29, 0.717) is 0 Å². The van der Waals surface area contributed by atoms with E-state index in [2.05, 4.69) is 182 Å². The lowest BCUT2D eigenvalue weighted by molar-refractivity contribution is 0.243. The van der Waals surface area contributed by atoms with Crippen LogP contribution in [0.1, 0.15) is 53.5 Å². The van der Waals surface area contributed by atoms with Gasteiger partial charge in [0.15, 0.2) is 0 Å². The molecule has 0 N–H and O–H groups in total. The molecular weight excluding hydrogens is 603 g/mol. The number of para-hydroxylation sites is 1. The molecule has 0 amide bonds. The Kier molecular flexibility index (Phi) is 6.55. The Morgan fingerprint density at radius 2 is 0.980 bits per heavy atom. The van der Waals surface area contributed by atoms with E-state index in [1.165, 1.54) is 98.4 Å². The van der Waals surface area contributed by atoms with Gasteiger partial charge in [0.25, 0.3) is 0 Å². The predicted molar refractivity (Wildman–Crippen MR) is 209 cm³/mol. The average Bonchev–Trinajstić information content (AvgIpc) is 3.71. The van der Waals surface area contributed by atoms with Crippen molar-refractivity contribution in [2.75, 3.05) is 4.90 Å². The van der Waals surface area contributed by atoms with Crippen LogP contribution in [0.4, 0.5) is 17.1 Å². The minimum Gasteiger partial charge on any atom is -0.309 e. The van der Waals surface area contributed by atoms with E-state index in [1.807, 2.05) is 0 Å². The van der Waals surface area contributed by atoms with Crippen molar-refractivity contribution in [3.05, 3.63) is 198 Å². The molecule has 7 aromatic rings. The zero-order valence-corrected chi connectivity index (χ0v) is 28.4. The van der Waals surface area contributed by atoms with Crippen molar-refractivity contribution in [2.24, 2.45) is 0 Å². The van der Waals surface area contributed by atoms with Crippen LogP contribution in [-0.4, -0.2) is 0 Å². The molecule has 1 saturated carbocycles. The quantitative estimate of drug-likeness (QED) is 0.181. The van der Waals surface area contributed by atoms with Gasteiger partial charge >= 0.3 is 0 Å². The Labute approximate surface area is 295 Å². The average molecular weight is 642 g/mol. The summed E-state index contributed by atoms with van der Waals surface area (Å²) in [4.78, 5) is 2.59. The van der Waals surface area contributed by atoms with Gasteiger partial charge in [-0.25, -0.2) is 0 Å². The molecule has 0 bridgehead atoms. The molecule has 3 aliphatic rings. The van der Waals surface area contributed by atoms with Crippen molar-refractivity contribution in [3.8, 4) is 33.4 Å². The lowest BCUT2D eigenvalue weighted by Gasteiger charge is -2.64. The molecule has 1 heteroatoms. The van der Waals surface area contributed by atoms with Crippen molar-refractivity contribution in [1.82, 2.24) is 0 Å². The van der Waals surface area contributed by atoms with Gasteiger partial charge in [-0.1, -0.05) is 158 Å². The van der Waals surface area contributed by atoms with Gasteiger partial charge in [-0.3, -0.25) is 0 Å². The number of nitrogens with zero attached hydrogens (tertiary/aromatic N) is 1. The topological polar surface area (TPSA) is 3.24 Å². The van der Waals surface area contributed by atoms with Crippen LogP contribution in [0.15, 0.2) is 170 Å². The Morgan fingerprint density at radius 1 is 0.420 bits per heavy atom. The van der Waals surface area contributed by atoms with Crippen LogP contribution in [0, 0.1) is 6.92 Å². The first-order valence-corrected chi connectivity index (χ1v) is 18.2. The summed E-state index contributed by atoms with van der Waals surface area (Å²) >= 11 is 0. The zero-order valence-electron chi connectivity index (χ0n) is 28.4. The van der Waals surface area contributed by atoms with Gasteiger partial charge in [0.1, 0.15) is 0 Å². The van der Waals surface area contributed by atoms with Crippen molar-refractivity contribution in [1.29, 1.82) is 0 Å². The first-order valence-electron chi connectivity index (χ1n) is 18.2. The van der Waals surface area contributed by atoms with Gasteiger partial charge in [0, 0.05) is 11.0 Å². The number of hydrogen-bond acceptors (Lipinski definition) is 1. The Hall–Kier alpha value is -5.66. The summed E-state index contributed by atoms with van der Waals surface area (Å²) in [5, 5.41) is 0. The number of aryl methyl sites for hydroxylation is 1. The summed E-state index contributed by atoms with van der Waals surface area (Å²) in [6.07, 6.45) is 4.96. The van der Waals surface area contributed by atoms with Gasteiger partial charge in [0.05, 0.1) is 22.5 Å². The molecule has 240 valence electrons. The molecule has 0 saturated heterocycles. The van der Waals surface area contributed by atoms with Crippen LogP contribution in [0.25, 0.3) is 33.4 Å². The number of fused-ring (bicyclic) bond motifs is 4. The molecule has 0 aromatic heterocycles. The van der Waals surface area contributed by atoms with Crippen molar-refractivity contribution in [3.63, 3.8) is 0 Å². The largest absolute Gasteiger partial charge is 0.309 e. The molecule has 2 aliphatic carbocycles. The summed E-state index contributed by atoms with van der Waals surface area (Å²) in [6, 6.07) is 63.5. The third-order valence-electron chi connectivity index (χ3n) is 12.1. The van der Waals surface area contributed by atoms with Crippen LogP contribution >= 0.6 is 0 Å². The van der Waals surface area contributed by atoms with E-state index in [9.17, 15) is 0 Å². The van der Waals surface area contributed by atoms with Crippen LogP contribution in [0.5, 0.6) is 0 Å². The molecular formula is C49H39N. The number of benzene rings is 7. The molecule has 1 nitrogen and oxygen atoms in total. The smallest absolute Gasteiger partial charge is 0.0594 e. The summed E-state index contributed by atoms with van der Waals surface area (Å²) in [5.41, 5.74) is 18.5. The normalized spacial score (nSPS) is 18.0. The molecule has 1 fully saturated rings. The second-order valence-corrected chi connectivity index (χ2v) is 14.4. The summed E-state index contributed by atoms with van der Waals surface area (Å²) in [5.74, 6) is 0. The van der Waals surface area contributed by atoms with Gasteiger partial charge in [-0.15, -0.1) is 0 Å². The molecule has 1 unspecified atom stereocenters. The predicted octanol–water partition coefficient (Wildman–Crippen LogP) is 12.9. The summed E-state index contributed by atoms with van der Waals surface area (Å²) in [7, 11) is 0. The van der Waals surface area contributed by atoms with Crippen molar-refractivity contribution >= 4 is 17.1 Å². The molecule has 10 rings (SSSR count). The fourth-order valence-corrected chi connectivity index (χ4v) is 10.2. The lowest BCUT2D eigenvalue weighted by Crippen LogP contribution is -2.61. The minimum atomic E-state index is -0.244. The standard InChI is InChI=1S/C49H39N/c1-34-17-8-12-25-41(34)49-43-33-37(39-23-10-9-22-38(39)35-18-4-2-5-19-35)29-30-45(43)50(44-27-13-11-24-40(44)36-20-6-3-7-21-36)46-28-16-26-42(47(46)49)48(49)31-14-15-32-48/h2-13,16-30,33H,14-15,31-32H2,1H3. The maximum Gasteiger partial charge on any atom is 0.0594 e. The van der Waals surface area contributed by atoms with E-state index in [0.717, 1.165) is 0 Å². The summed E-state index contributed by atoms with van der Waals surface area (Å²) in [6.45, 7) is 2.33. The van der Waals surface area contributed by atoms with Gasteiger partial charge < -0.3 is 4.90 Å². The third-order valence-corrected chi connectivity index (χ3v) is 12.1. The highest BCUT2D eigenvalue weighted by molar-refractivity contribution is 5.98. The van der Waals surface area contributed by atoms with Crippen molar-refractivity contribution in [2.45, 2.75) is 43.4 Å². The zero-order chi connectivity index (χ0) is 33.3. The second kappa shape index (κ2) is 11.2. The van der Waals surface area contributed by atoms with E-state index >= 15 is 0 Å². The van der Waals surface area contributed by atoms with E-state index in [-0.39, 0.29) is 10.8 Å². The Bertz CT molecular complexity index is 2400. The van der Waals surface area contributed by atoms with Crippen LogP contribution in [0.2, 0.25) is 0 Å². The van der Waals surface area contributed by atoms with Crippen LogP contribution < -0.4 is 4.90 Å². The first kappa shape index (κ1) is 29.3. The Balaban J connectivity index is 1.32. The number of hydrogen-bond donors (Lipinski definition) is 0. The molecule has 1 spiro atoms. The first-order chi connectivity index (χ1) is 24.7. The molecule has 1 heterocycles. The maximum atomic E-state index is 2.59.